The first kappa shape index (κ1) is 20.6. The molecule has 0 aromatic heterocycles. The first-order valence-corrected chi connectivity index (χ1v) is 8.32. The van der Waals surface area contributed by atoms with Gasteiger partial charge >= 0.3 is 0 Å². The number of amides is 1. The van der Waals surface area contributed by atoms with E-state index in [1.807, 2.05) is 18.2 Å². The molecule has 5 nitrogen and oxygen atoms in total. The number of hydrogen-bond donors (Lipinski definition) is 2. The highest BCUT2D eigenvalue weighted by atomic mass is 35.5. The van der Waals surface area contributed by atoms with E-state index in [0.29, 0.717) is 24.8 Å². The number of ether oxygens (including phenoxy) is 2. The highest BCUT2D eigenvalue weighted by Gasteiger charge is 2.22. The molecule has 0 radical (unpaired) electrons. The van der Waals surface area contributed by atoms with Crippen LogP contribution in [0.25, 0.3) is 0 Å². The molecule has 1 amide bonds. The molecule has 0 bridgehead atoms. The lowest BCUT2D eigenvalue weighted by atomic mass is 9.85. The molecule has 0 aliphatic carbocycles. The zero-order chi connectivity index (χ0) is 16.7. The summed E-state index contributed by atoms with van der Waals surface area (Å²) in [7, 11) is 3.25. The number of carbonyl (C=O) groups excluding carboxylic acids is 1. The quantitative estimate of drug-likeness (QED) is 0.788. The van der Waals surface area contributed by atoms with Crippen LogP contribution in [-0.2, 0) is 11.3 Å². The van der Waals surface area contributed by atoms with Crippen LogP contribution in [0.4, 0.5) is 0 Å². The third-order valence-electron chi connectivity index (χ3n) is 4.62. The van der Waals surface area contributed by atoms with E-state index < -0.39 is 0 Å². The van der Waals surface area contributed by atoms with Crippen LogP contribution in [0.2, 0.25) is 0 Å². The summed E-state index contributed by atoms with van der Waals surface area (Å²) in [6, 6.07) is 5.63. The molecule has 0 spiro atoms. The number of hydrogen-bond acceptors (Lipinski definition) is 4. The average Bonchev–Trinajstić information content (AvgIpc) is 2.60. The fourth-order valence-corrected chi connectivity index (χ4v) is 3.09. The summed E-state index contributed by atoms with van der Waals surface area (Å²) in [6.45, 7) is 4.78. The van der Waals surface area contributed by atoms with E-state index in [9.17, 15) is 4.79 Å². The van der Waals surface area contributed by atoms with Crippen LogP contribution in [0.1, 0.15) is 31.7 Å². The fourth-order valence-electron chi connectivity index (χ4n) is 3.09. The molecule has 136 valence electrons. The van der Waals surface area contributed by atoms with E-state index in [1.165, 1.54) is 12.8 Å². The summed E-state index contributed by atoms with van der Waals surface area (Å²) in [5.41, 5.74) is 0.952. The number of nitrogens with one attached hydrogen (secondary N) is 2. The number of benzene rings is 1. The van der Waals surface area contributed by atoms with Crippen LogP contribution in [0.3, 0.4) is 0 Å². The van der Waals surface area contributed by atoms with E-state index in [2.05, 4.69) is 17.6 Å². The summed E-state index contributed by atoms with van der Waals surface area (Å²) >= 11 is 0. The molecular weight excluding hydrogens is 328 g/mol. The smallest absolute Gasteiger partial charge is 0.220 e. The van der Waals surface area contributed by atoms with Gasteiger partial charge in [0.05, 0.1) is 14.2 Å². The van der Waals surface area contributed by atoms with Crippen molar-refractivity contribution in [3.8, 4) is 11.5 Å². The van der Waals surface area contributed by atoms with Gasteiger partial charge in [-0.1, -0.05) is 6.92 Å². The van der Waals surface area contributed by atoms with Gasteiger partial charge in [-0.15, -0.1) is 12.4 Å². The Kier molecular flexibility index (Phi) is 8.93. The maximum Gasteiger partial charge on any atom is 0.220 e. The van der Waals surface area contributed by atoms with Gasteiger partial charge in [0.2, 0.25) is 5.91 Å². The minimum Gasteiger partial charge on any atom is -0.497 e. The van der Waals surface area contributed by atoms with Gasteiger partial charge in [-0.25, -0.2) is 0 Å². The number of rotatable bonds is 7. The van der Waals surface area contributed by atoms with Crippen molar-refractivity contribution < 1.29 is 14.3 Å². The molecule has 2 N–H and O–H groups in total. The summed E-state index contributed by atoms with van der Waals surface area (Å²) in [6.07, 6.45) is 3.00. The monoisotopic (exact) mass is 356 g/mol. The van der Waals surface area contributed by atoms with Gasteiger partial charge in [-0.2, -0.15) is 0 Å². The van der Waals surface area contributed by atoms with Gasteiger partial charge in [0.1, 0.15) is 11.5 Å². The van der Waals surface area contributed by atoms with Gasteiger partial charge in [0.15, 0.2) is 0 Å². The molecule has 1 saturated heterocycles. The molecule has 0 saturated carbocycles. The Morgan fingerprint density at radius 3 is 2.79 bits per heavy atom. The van der Waals surface area contributed by atoms with E-state index in [1.54, 1.807) is 14.2 Å². The second-order valence-electron chi connectivity index (χ2n) is 6.24. The van der Waals surface area contributed by atoms with Crippen LogP contribution in [-0.4, -0.2) is 33.2 Å². The van der Waals surface area contributed by atoms with Crippen molar-refractivity contribution in [2.45, 2.75) is 32.7 Å². The Morgan fingerprint density at radius 1 is 1.38 bits per heavy atom. The lowest BCUT2D eigenvalue weighted by Crippen LogP contribution is -2.35. The van der Waals surface area contributed by atoms with Crippen LogP contribution >= 0.6 is 12.4 Å². The molecule has 1 fully saturated rings. The zero-order valence-electron chi connectivity index (χ0n) is 14.8. The molecular formula is C18H29ClN2O3. The SMILES string of the molecule is COc1ccc(CNC(=O)CC(C)C2CCCNC2)c(OC)c1.Cl. The minimum atomic E-state index is 0. The second-order valence-corrected chi connectivity index (χ2v) is 6.24. The van der Waals surface area contributed by atoms with Crippen molar-refractivity contribution in [1.82, 2.24) is 10.6 Å². The van der Waals surface area contributed by atoms with E-state index in [4.69, 9.17) is 9.47 Å². The largest absolute Gasteiger partial charge is 0.497 e. The van der Waals surface area contributed by atoms with Crippen LogP contribution in [0.15, 0.2) is 18.2 Å². The maximum atomic E-state index is 12.2. The minimum absolute atomic E-state index is 0. The Bertz CT molecular complexity index is 519. The van der Waals surface area contributed by atoms with Gasteiger partial charge in [-0.3, -0.25) is 4.79 Å². The summed E-state index contributed by atoms with van der Waals surface area (Å²) in [5, 5.41) is 6.41. The molecule has 1 aromatic carbocycles. The van der Waals surface area contributed by atoms with Gasteiger partial charge in [-0.05, 0) is 49.9 Å². The standard InChI is InChI=1S/C18H28N2O3.ClH/c1-13(14-5-4-8-19-11-14)9-18(21)20-12-15-6-7-16(22-2)10-17(15)23-3;/h6-7,10,13-14,19H,4-5,8-9,11-12H2,1-3H3,(H,20,21);1H. The number of carbonyl (C=O) groups is 1. The van der Waals surface area contributed by atoms with Crippen molar-refractivity contribution in [2.75, 3.05) is 27.3 Å². The molecule has 2 atom stereocenters. The first-order valence-electron chi connectivity index (χ1n) is 8.32. The second kappa shape index (κ2) is 10.4. The molecule has 24 heavy (non-hydrogen) atoms. The predicted octanol–water partition coefficient (Wildman–Crippen LogP) is 2.77. The van der Waals surface area contributed by atoms with Crippen LogP contribution < -0.4 is 20.1 Å². The van der Waals surface area contributed by atoms with Crippen molar-refractivity contribution in [3.63, 3.8) is 0 Å². The normalized spacial score (nSPS) is 18.2. The number of halogens is 1. The zero-order valence-corrected chi connectivity index (χ0v) is 15.6. The Balaban J connectivity index is 0.00000288. The van der Waals surface area contributed by atoms with Crippen molar-refractivity contribution in [1.29, 1.82) is 0 Å². The molecule has 1 aliphatic rings. The maximum absolute atomic E-state index is 12.2. The van der Waals surface area contributed by atoms with Gasteiger partial charge in [0, 0.05) is 24.6 Å². The highest BCUT2D eigenvalue weighted by Crippen LogP contribution is 2.25. The Morgan fingerprint density at radius 2 is 2.17 bits per heavy atom. The molecule has 2 unspecified atom stereocenters. The number of piperidine rings is 1. The Hall–Kier alpha value is -1.46. The van der Waals surface area contributed by atoms with E-state index in [0.717, 1.165) is 30.2 Å². The lowest BCUT2D eigenvalue weighted by molar-refractivity contribution is -0.122. The van der Waals surface area contributed by atoms with Gasteiger partial charge < -0.3 is 20.1 Å². The predicted molar refractivity (Wildman–Crippen MR) is 98.0 cm³/mol. The molecule has 1 aromatic rings. The first-order chi connectivity index (χ1) is 11.1. The average molecular weight is 357 g/mol. The molecule has 1 heterocycles. The number of methoxy groups -OCH3 is 2. The summed E-state index contributed by atoms with van der Waals surface area (Å²) in [5.74, 6) is 2.58. The van der Waals surface area contributed by atoms with Crippen LogP contribution in [0.5, 0.6) is 11.5 Å². The molecule has 1 aliphatic heterocycles. The molecule has 6 heteroatoms. The van der Waals surface area contributed by atoms with Crippen LogP contribution in [0, 0.1) is 11.8 Å². The van der Waals surface area contributed by atoms with Crippen molar-refractivity contribution in [3.05, 3.63) is 23.8 Å². The lowest BCUT2D eigenvalue weighted by Gasteiger charge is -2.28. The topological polar surface area (TPSA) is 59.6 Å². The Labute approximate surface area is 150 Å². The highest BCUT2D eigenvalue weighted by molar-refractivity contribution is 5.85. The third kappa shape index (κ3) is 5.87. The van der Waals surface area contributed by atoms with Crippen molar-refractivity contribution >= 4 is 18.3 Å². The van der Waals surface area contributed by atoms with E-state index in [-0.39, 0.29) is 18.3 Å². The van der Waals surface area contributed by atoms with Gasteiger partial charge in [0.25, 0.3) is 0 Å². The summed E-state index contributed by atoms with van der Waals surface area (Å²) in [4.78, 5) is 12.2. The van der Waals surface area contributed by atoms with E-state index >= 15 is 0 Å². The van der Waals surface area contributed by atoms with Crippen molar-refractivity contribution in [2.24, 2.45) is 11.8 Å². The fraction of sp³-hybridized carbons (Fsp3) is 0.611. The third-order valence-corrected chi connectivity index (χ3v) is 4.62. The summed E-state index contributed by atoms with van der Waals surface area (Å²) < 4.78 is 10.5. The molecule has 2 rings (SSSR count).